The Bertz CT molecular complexity index is 456. The van der Waals surface area contributed by atoms with E-state index < -0.39 is 0 Å². The smallest absolute Gasteiger partial charge is 0.138 e. The van der Waals surface area contributed by atoms with Crippen molar-refractivity contribution in [1.29, 1.82) is 0 Å². The van der Waals surface area contributed by atoms with Gasteiger partial charge in [-0.05, 0) is 18.3 Å². The van der Waals surface area contributed by atoms with Crippen LogP contribution in [0.25, 0.3) is 0 Å². The van der Waals surface area contributed by atoms with Crippen molar-refractivity contribution < 1.29 is 0 Å². The minimum atomic E-state index is -0.0411. The van der Waals surface area contributed by atoms with Crippen LogP contribution in [0.3, 0.4) is 0 Å². The molecule has 1 saturated carbocycles. The Hall–Kier alpha value is -1.32. The van der Waals surface area contributed by atoms with E-state index in [-0.39, 0.29) is 5.41 Å². The molecule has 0 aromatic carbocycles. The highest BCUT2D eigenvalue weighted by Gasteiger charge is 2.28. The van der Waals surface area contributed by atoms with Crippen molar-refractivity contribution in [1.82, 2.24) is 9.97 Å². The van der Waals surface area contributed by atoms with Crippen LogP contribution in [-0.2, 0) is 5.41 Å². The van der Waals surface area contributed by atoms with Crippen molar-refractivity contribution in [3.63, 3.8) is 0 Å². The summed E-state index contributed by atoms with van der Waals surface area (Å²) in [6, 6.07) is 1.99. The van der Waals surface area contributed by atoms with Crippen molar-refractivity contribution >= 4 is 11.6 Å². The Morgan fingerprint density at radius 1 is 1.15 bits per heavy atom. The number of nitrogens with zero attached hydrogens (tertiary/aromatic N) is 2. The van der Waals surface area contributed by atoms with Gasteiger partial charge in [-0.1, -0.05) is 40.5 Å². The van der Waals surface area contributed by atoms with Gasteiger partial charge < -0.3 is 10.6 Å². The average molecular weight is 276 g/mol. The molecule has 2 rings (SSSR count). The van der Waals surface area contributed by atoms with Gasteiger partial charge in [-0.25, -0.2) is 9.97 Å². The van der Waals surface area contributed by atoms with E-state index in [1.54, 1.807) is 0 Å². The van der Waals surface area contributed by atoms with E-state index in [0.717, 1.165) is 24.0 Å². The Labute approximate surface area is 122 Å². The number of hydrogen-bond donors (Lipinski definition) is 2. The first-order chi connectivity index (χ1) is 9.32. The van der Waals surface area contributed by atoms with Gasteiger partial charge in [-0.15, -0.1) is 0 Å². The van der Waals surface area contributed by atoms with Crippen LogP contribution < -0.4 is 10.6 Å². The number of aromatic nitrogens is 2. The molecule has 0 aliphatic heterocycles. The molecular weight excluding hydrogens is 248 g/mol. The first-order valence-corrected chi connectivity index (χ1v) is 7.64. The van der Waals surface area contributed by atoms with Crippen molar-refractivity contribution in [2.75, 3.05) is 24.2 Å². The molecule has 0 spiro atoms. The van der Waals surface area contributed by atoms with Crippen LogP contribution in [0.1, 0.15) is 59.2 Å². The molecule has 0 saturated heterocycles. The molecular formula is C16H28N4. The van der Waals surface area contributed by atoms with Crippen LogP contribution in [0, 0.1) is 5.41 Å². The van der Waals surface area contributed by atoms with Gasteiger partial charge in [0.25, 0.3) is 0 Å². The number of hydrogen-bond acceptors (Lipinski definition) is 4. The number of anilines is 2. The van der Waals surface area contributed by atoms with Gasteiger partial charge in [-0.3, -0.25) is 0 Å². The molecule has 1 aliphatic carbocycles. The predicted octanol–water partition coefficient (Wildman–Crippen LogP) is 3.81. The summed E-state index contributed by atoms with van der Waals surface area (Å²) >= 11 is 0. The van der Waals surface area contributed by atoms with Gasteiger partial charge in [0.2, 0.25) is 0 Å². The van der Waals surface area contributed by atoms with Gasteiger partial charge in [-0.2, -0.15) is 0 Å². The normalized spacial score (nSPS) is 18.1. The molecule has 1 aromatic heterocycles. The topological polar surface area (TPSA) is 49.8 Å². The van der Waals surface area contributed by atoms with E-state index in [2.05, 4.69) is 48.3 Å². The molecule has 0 unspecified atom stereocenters. The predicted molar refractivity (Wildman–Crippen MR) is 85.3 cm³/mol. The lowest BCUT2D eigenvalue weighted by atomic mass is 9.89. The number of rotatable bonds is 4. The van der Waals surface area contributed by atoms with Crippen LogP contribution in [-0.4, -0.2) is 23.6 Å². The van der Waals surface area contributed by atoms with Gasteiger partial charge in [0.1, 0.15) is 17.5 Å². The molecule has 1 heterocycles. The SMILES string of the molecule is CNc1cc(NCC2(C)CCCC2)nc(C(C)(C)C)n1. The van der Waals surface area contributed by atoms with Crippen molar-refractivity contribution in [3.8, 4) is 0 Å². The summed E-state index contributed by atoms with van der Waals surface area (Å²) in [7, 11) is 1.90. The lowest BCUT2D eigenvalue weighted by Gasteiger charge is -2.25. The molecule has 0 atom stereocenters. The highest BCUT2D eigenvalue weighted by molar-refractivity contribution is 5.48. The quantitative estimate of drug-likeness (QED) is 0.878. The van der Waals surface area contributed by atoms with Gasteiger partial charge >= 0.3 is 0 Å². The molecule has 20 heavy (non-hydrogen) atoms. The minimum Gasteiger partial charge on any atom is -0.373 e. The maximum Gasteiger partial charge on any atom is 0.138 e. The summed E-state index contributed by atoms with van der Waals surface area (Å²) in [5.41, 5.74) is 0.382. The van der Waals surface area contributed by atoms with E-state index >= 15 is 0 Å². The molecule has 1 aliphatic rings. The van der Waals surface area contributed by atoms with Gasteiger partial charge in [0.15, 0.2) is 0 Å². The second kappa shape index (κ2) is 5.58. The van der Waals surface area contributed by atoms with Crippen LogP contribution in [0.15, 0.2) is 6.07 Å². The monoisotopic (exact) mass is 276 g/mol. The average Bonchev–Trinajstić information content (AvgIpc) is 2.82. The second-order valence-corrected chi connectivity index (χ2v) is 7.33. The highest BCUT2D eigenvalue weighted by atomic mass is 15.1. The second-order valence-electron chi connectivity index (χ2n) is 7.33. The highest BCUT2D eigenvalue weighted by Crippen LogP contribution is 2.37. The molecule has 4 heteroatoms. The summed E-state index contributed by atoms with van der Waals surface area (Å²) in [6.07, 6.45) is 5.35. The molecule has 2 N–H and O–H groups in total. The third kappa shape index (κ3) is 3.62. The van der Waals surface area contributed by atoms with E-state index in [9.17, 15) is 0 Å². The fourth-order valence-electron chi connectivity index (χ4n) is 2.71. The fraction of sp³-hybridized carbons (Fsp3) is 0.750. The van der Waals surface area contributed by atoms with Crippen molar-refractivity contribution in [2.45, 2.75) is 58.8 Å². The van der Waals surface area contributed by atoms with Crippen LogP contribution in [0.5, 0.6) is 0 Å². The third-order valence-corrected chi connectivity index (χ3v) is 4.16. The zero-order valence-corrected chi connectivity index (χ0v) is 13.5. The summed E-state index contributed by atoms with van der Waals surface area (Å²) in [5.74, 6) is 2.69. The lowest BCUT2D eigenvalue weighted by Crippen LogP contribution is -2.24. The van der Waals surface area contributed by atoms with Crippen LogP contribution >= 0.6 is 0 Å². The molecule has 0 amide bonds. The maximum absolute atomic E-state index is 4.68. The maximum atomic E-state index is 4.68. The van der Waals surface area contributed by atoms with Gasteiger partial charge in [0, 0.05) is 25.1 Å². The Morgan fingerprint density at radius 2 is 1.75 bits per heavy atom. The van der Waals surface area contributed by atoms with E-state index in [0.29, 0.717) is 5.41 Å². The van der Waals surface area contributed by atoms with Crippen molar-refractivity contribution in [3.05, 3.63) is 11.9 Å². The molecule has 0 radical (unpaired) electrons. The van der Waals surface area contributed by atoms with Crippen molar-refractivity contribution in [2.24, 2.45) is 5.41 Å². The Morgan fingerprint density at radius 3 is 2.30 bits per heavy atom. The van der Waals surface area contributed by atoms with E-state index in [1.807, 2.05) is 13.1 Å². The van der Waals surface area contributed by atoms with E-state index in [1.165, 1.54) is 25.7 Å². The van der Waals surface area contributed by atoms with Gasteiger partial charge in [0.05, 0.1) is 0 Å². The first-order valence-electron chi connectivity index (χ1n) is 7.64. The zero-order valence-electron chi connectivity index (χ0n) is 13.5. The standard InChI is InChI=1S/C16H28N4/c1-15(2,3)14-19-12(17-5)10-13(20-14)18-11-16(4)8-6-7-9-16/h10H,6-9,11H2,1-5H3,(H2,17,18,19,20). The molecule has 0 bridgehead atoms. The summed E-state index contributed by atoms with van der Waals surface area (Å²) in [5, 5.41) is 6.65. The molecule has 4 nitrogen and oxygen atoms in total. The molecule has 112 valence electrons. The molecule has 1 aromatic rings. The summed E-state index contributed by atoms with van der Waals surface area (Å²) in [4.78, 5) is 9.24. The third-order valence-electron chi connectivity index (χ3n) is 4.16. The zero-order chi connectivity index (χ0) is 14.8. The summed E-state index contributed by atoms with van der Waals surface area (Å²) < 4.78 is 0. The minimum absolute atomic E-state index is 0.0411. The fourth-order valence-corrected chi connectivity index (χ4v) is 2.71. The summed E-state index contributed by atoms with van der Waals surface area (Å²) in [6.45, 7) is 9.80. The van der Waals surface area contributed by atoms with Crippen LogP contribution in [0.2, 0.25) is 0 Å². The molecule has 1 fully saturated rings. The van der Waals surface area contributed by atoms with E-state index in [4.69, 9.17) is 0 Å². The van der Waals surface area contributed by atoms with Crippen LogP contribution in [0.4, 0.5) is 11.6 Å². The first kappa shape index (κ1) is 15.1. The number of nitrogens with one attached hydrogen (secondary N) is 2. The Balaban J connectivity index is 2.14. The largest absolute Gasteiger partial charge is 0.373 e. The lowest BCUT2D eigenvalue weighted by molar-refractivity contribution is 0.361. The Kier molecular flexibility index (Phi) is 4.21.